The first kappa shape index (κ1) is 13.1. The zero-order valence-corrected chi connectivity index (χ0v) is 9.67. The number of aromatic nitrogens is 1. The largest absolute Gasteiger partial charge is 0.464 e. The number of methoxy groups -OCH3 is 1. The standard InChI is InChI=1S/C12H8F3NO3/c1-19-11(18)9-5-10(17)7-3-2-6(12(13,14)15)4-8(7)16-9/h2-5H,1H3,(H,16,17). The number of carbonyl (C=O) groups is 1. The van der Waals surface area contributed by atoms with Crippen molar-refractivity contribution >= 4 is 16.9 Å². The molecule has 0 unspecified atom stereocenters. The maximum absolute atomic E-state index is 12.6. The monoisotopic (exact) mass is 271 g/mol. The summed E-state index contributed by atoms with van der Waals surface area (Å²) in [6.07, 6.45) is -4.52. The van der Waals surface area contributed by atoms with Crippen LogP contribution in [0.1, 0.15) is 16.1 Å². The van der Waals surface area contributed by atoms with E-state index in [0.717, 1.165) is 31.4 Å². The van der Waals surface area contributed by atoms with Gasteiger partial charge in [0.2, 0.25) is 0 Å². The fourth-order valence-corrected chi connectivity index (χ4v) is 1.65. The van der Waals surface area contributed by atoms with Crippen LogP contribution in [0.4, 0.5) is 13.2 Å². The van der Waals surface area contributed by atoms with E-state index in [0.29, 0.717) is 0 Å². The number of hydrogen-bond donors (Lipinski definition) is 1. The lowest BCUT2D eigenvalue weighted by molar-refractivity contribution is -0.137. The van der Waals surface area contributed by atoms with Crippen LogP contribution in [0.15, 0.2) is 29.1 Å². The van der Waals surface area contributed by atoms with Gasteiger partial charge in [-0.2, -0.15) is 13.2 Å². The minimum atomic E-state index is -4.52. The number of carbonyl (C=O) groups excluding carboxylic acids is 1. The number of rotatable bonds is 1. The van der Waals surface area contributed by atoms with Crippen LogP contribution >= 0.6 is 0 Å². The molecule has 2 aromatic rings. The highest BCUT2D eigenvalue weighted by atomic mass is 19.4. The molecule has 0 spiro atoms. The van der Waals surface area contributed by atoms with Crippen molar-refractivity contribution < 1.29 is 22.7 Å². The number of aromatic amines is 1. The molecule has 1 N–H and O–H groups in total. The maximum atomic E-state index is 12.6. The zero-order chi connectivity index (χ0) is 14.2. The number of alkyl halides is 3. The van der Waals surface area contributed by atoms with Crippen LogP contribution < -0.4 is 5.43 Å². The third-order valence-electron chi connectivity index (χ3n) is 2.56. The summed E-state index contributed by atoms with van der Waals surface area (Å²) in [5.41, 5.74) is -1.72. The molecule has 7 heteroatoms. The predicted molar refractivity (Wildman–Crippen MR) is 60.9 cm³/mol. The highest BCUT2D eigenvalue weighted by molar-refractivity contribution is 5.91. The van der Waals surface area contributed by atoms with E-state index in [4.69, 9.17) is 0 Å². The van der Waals surface area contributed by atoms with Crippen molar-refractivity contribution in [3.63, 3.8) is 0 Å². The van der Waals surface area contributed by atoms with Gasteiger partial charge in [0, 0.05) is 11.5 Å². The fraction of sp³-hybridized carbons (Fsp3) is 0.167. The molecule has 0 saturated carbocycles. The summed E-state index contributed by atoms with van der Waals surface area (Å²) in [5.74, 6) is -0.823. The summed E-state index contributed by atoms with van der Waals surface area (Å²) in [6, 6.07) is 3.65. The Morgan fingerprint density at radius 2 is 1.95 bits per heavy atom. The van der Waals surface area contributed by atoms with Crippen molar-refractivity contribution in [3.05, 3.63) is 45.7 Å². The molecule has 0 amide bonds. The Balaban J connectivity index is 2.70. The number of benzene rings is 1. The van der Waals surface area contributed by atoms with Gasteiger partial charge >= 0.3 is 12.1 Å². The van der Waals surface area contributed by atoms with E-state index in [1.165, 1.54) is 0 Å². The molecule has 0 aliphatic rings. The van der Waals surface area contributed by atoms with E-state index >= 15 is 0 Å². The topological polar surface area (TPSA) is 59.2 Å². The van der Waals surface area contributed by atoms with Crippen molar-refractivity contribution in [1.82, 2.24) is 4.98 Å². The SMILES string of the molecule is COC(=O)c1cc(=O)c2ccc(C(F)(F)F)cc2[nH]1. The quantitative estimate of drug-likeness (QED) is 0.810. The predicted octanol–water partition coefficient (Wildman–Crippen LogP) is 2.33. The molecule has 0 fully saturated rings. The van der Waals surface area contributed by atoms with Crippen LogP contribution in [-0.2, 0) is 10.9 Å². The summed E-state index contributed by atoms with van der Waals surface area (Å²) in [4.78, 5) is 25.4. The van der Waals surface area contributed by atoms with Crippen molar-refractivity contribution in [2.24, 2.45) is 0 Å². The normalized spacial score (nSPS) is 11.6. The van der Waals surface area contributed by atoms with Gasteiger partial charge in [-0.15, -0.1) is 0 Å². The van der Waals surface area contributed by atoms with Crippen molar-refractivity contribution in [1.29, 1.82) is 0 Å². The summed E-state index contributed by atoms with van der Waals surface area (Å²) >= 11 is 0. The van der Waals surface area contributed by atoms with Crippen LogP contribution in [0.5, 0.6) is 0 Å². The Hall–Kier alpha value is -2.31. The van der Waals surface area contributed by atoms with Gasteiger partial charge in [0.1, 0.15) is 5.69 Å². The lowest BCUT2D eigenvalue weighted by Gasteiger charge is -2.08. The van der Waals surface area contributed by atoms with Crippen LogP contribution in [0.2, 0.25) is 0 Å². The lowest BCUT2D eigenvalue weighted by atomic mass is 10.1. The van der Waals surface area contributed by atoms with Crippen molar-refractivity contribution in [2.75, 3.05) is 7.11 Å². The first-order valence-corrected chi connectivity index (χ1v) is 5.15. The molecule has 0 saturated heterocycles. The van der Waals surface area contributed by atoms with E-state index in [1.54, 1.807) is 0 Å². The number of H-pyrrole nitrogens is 1. The van der Waals surface area contributed by atoms with Gasteiger partial charge < -0.3 is 9.72 Å². The van der Waals surface area contributed by atoms with Gasteiger partial charge in [-0.05, 0) is 18.2 Å². The second kappa shape index (κ2) is 4.42. The molecule has 1 aromatic heterocycles. The zero-order valence-electron chi connectivity index (χ0n) is 9.67. The van der Waals surface area contributed by atoms with E-state index in [9.17, 15) is 22.8 Å². The first-order chi connectivity index (χ1) is 8.82. The molecule has 4 nitrogen and oxygen atoms in total. The second-order valence-electron chi connectivity index (χ2n) is 3.80. The summed E-state index contributed by atoms with van der Waals surface area (Å²) < 4.78 is 42.1. The van der Waals surface area contributed by atoms with Crippen molar-refractivity contribution in [3.8, 4) is 0 Å². The third kappa shape index (κ3) is 2.44. The smallest absolute Gasteiger partial charge is 0.416 e. The Bertz CT molecular complexity index is 703. The number of nitrogens with one attached hydrogen (secondary N) is 1. The molecular formula is C12H8F3NO3. The third-order valence-corrected chi connectivity index (χ3v) is 2.56. The van der Waals surface area contributed by atoms with Crippen LogP contribution in [-0.4, -0.2) is 18.1 Å². The first-order valence-electron chi connectivity index (χ1n) is 5.15. The van der Waals surface area contributed by atoms with E-state index in [1.807, 2.05) is 0 Å². The Morgan fingerprint density at radius 1 is 1.26 bits per heavy atom. The fourth-order valence-electron chi connectivity index (χ4n) is 1.65. The van der Waals surface area contributed by atoms with E-state index in [2.05, 4.69) is 9.72 Å². The summed E-state index contributed by atoms with van der Waals surface area (Å²) in [5, 5.41) is 0.0700. The lowest BCUT2D eigenvalue weighted by Crippen LogP contribution is -2.12. The molecule has 0 radical (unpaired) electrons. The van der Waals surface area contributed by atoms with E-state index < -0.39 is 23.1 Å². The Kier molecular flexibility index (Phi) is 3.05. The molecular weight excluding hydrogens is 263 g/mol. The van der Waals surface area contributed by atoms with Gasteiger partial charge in [0.25, 0.3) is 0 Å². The average molecular weight is 271 g/mol. The van der Waals surface area contributed by atoms with Gasteiger partial charge in [-0.3, -0.25) is 4.79 Å². The van der Waals surface area contributed by atoms with Gasteiger partial charge in [0.15, 0.2) is 5.43 Å². The molecule has 0 atom stereocenters. The average Bonchev–Trinajstić information content (AvgIpc) is 2.36. The molecule has 1 aromatic carbocycles. The van der Waals surface area contributed by atoms with Crippen LogP contribution in [0.25, 0.3) is 10.9 Å². The Morgan fingerprint density at radius 3 is 2.53 bits per heavy atom. The highest BCUT2D eigenvalue weighted by Gasteiger charge is 2.30. The minimum absolute atomic E-state index is 0.0669. The van der Waals surface area contributed by atoms with E-state index in [-0.39, 0.29) is 16.6 Å². The molecule has 0 aliphatic heterocycles. The number of pyridine rings is 1. The number of hydrogen-bond acceptors (Lipinski definition) is 3. The number of halogens is 3. The van der Waals surface area contributed by atoms with Gasteiger partial charge in [-0.1, -0.05) is 0 Å². The molecule has 0 aliphatic carbocycles. The van der Waals surface area contributed by atoms with Crippen molar-refractivity contribution in [2.45, 2.75) is 6.18 Å². The molecule has 100 valence electrons. The molecule has 0 bridgehead atoms. The highest BCUT2D eigenvalue weighted by Crippen LogP contribution is 2.30. The van der Waals surface area contributed by atoms with Gasteiger partial charge in [0.05, 0.1) is 18.2 Å². The second-order valence-corrected chi connectivity index (χ2v) is 3.80. The number of ether oxygens (including phenoxy) is 1. The minimum Gasteiger partial charge on any atom is -0.464 e. The number of fused-ring (bicyclic) bond motifs is 1. The number of esters is 1. The molecule has 19 heavy (non-hydrogen) atoms. The Labute approximate surface area is 104 Å². The molecule has 1 heterocycles. The maximum Gasteiger partial charge on any atom is 0.416 e. The molecule has 2 rings (SSSR count). The summed E-state index contributed by atoms with van der Waals surface area (Å²) in [6.45, 7) is 0. The van der Waals surface area contributed by atoms with Crippen LogP contribution in [0, 0.1) is 0 Å². The van der Waals surface area contributed by atoms with Crippen LogP contribution in [0.3, 0.4) is 0 Å². The van der Waals surface area contributed by atoms with Gasteiger partial charge in [-0.25, -0.2) is 4.79 Å². The summed E-state index contributed by atoms with van der Waals surface area (Å²) in [7, 11) is 1.11.